The molecule has 0 aliphatic heterocycles. The van der Waals surface area contributed by atoms with Gasteiger partial charge in [-0.25, -0.2) is 0 Å². The number of carbonyl (C=O) groups is 1. The van der Waals surface area contributed by atoms with Gasteiger partial charge in [0, 0.05) is 24.7 Å². The highest BCUT2D eigenvalue weighted by molar-refractivity contribution is 5.75. The highest BCUT2D eigenvalue weighted by Gasteiger charge is 2.10. The maximum absolute atomic E-state index is 11.6. The van der Waals surface area contributed by atoms with Crippen LogP contribution in [0.1, 0.15) is 6.92 Å². The third-order valence-corrected chi connectivity index (χ3v) is 2.59. The maximum Gasteiger partial charge on any atom is 0.285 e. The van der Waals surface area contributed by atoms with E-state index in [1.165, 1.54) is 0 Å². The highest BCUT2D eigenvalue weighted by atomic mass is 16.6. The Morgan fingerprint density at radius 3 is 2.79 bits per heavy atom. The fourth-order valence-electron chi connectivity index (χ4n) is 1.33. The number of nitrogens with one attached hydrogen (secondary N) is 2. The van der Waals surface area contributed by atoms with Crippen LogP contribution in [0, 0.1) is 10.1 Å². The number of likely N-dealkylation sites (N-methyl/N-ethyl adjacent to an activating group) is 1. The largest absolute Gasteiger partial charge is 0.353 e. The molecule has 0 saturated heterocycles. The Morgan fingerprint density at radius 2 is 2.21 bits per heavy atom. The van der Waals surface area contributed by atoms with E-state index in [9.17, 15) is 19.7 Å². The molecule has 19 heavy (non-hydrogen) atoms. The number of pyridine rings is 1. The predicted octanol–water partition coefficient (Wildman–Crippen LogP) is -0.519. The van der Waals surface area contributed by atoms with Crippen LogP contribution in [0.15, 0.2) is 23.1 Å². The van der Waals surface area contributed by atoms with Gasteiger partial charge in [0.1, 0.15) is 6.54 Å². The molecule has 1 aromatic heterocycles. The molecule has 0 fully saturated rings. The number of aromatic nitrogens is 1. The lowest BCUT2D eigenvalue weighted by molar-refractivity contribution is -0.385. The molecule has 0 spiro atoms. The minimum Gasteiger partial charge on any atom is -0.353 e. The molecule has 0 aliphatic carbocycles. The second-order valence-corrected chi connectivity index (χ2v) is 4.10. The summed E-state index contributed by atoms with van der Waals surface area (Å²) < 4.78 is 1.01. The van der Waals surface area contributed by atoms with Crippen molar-refractivity contribution in [1.82, 2.24) is 15.2 Å². The van der Waals surface area contributed by atoms with Crippen LogP contribution in [0.2, 0.25) is 0 Å². The first-order valence-corrected chi connectivity index (χ1v) is 5.73. The van der Waals surface area contributed by atoms with Gasteiger partial charge in [-0.1, -0.05) is 0 Å². The lowest BCUT2D eigenvalue weighted by Gasteiger charge is -2.11. The van der Waals surface area contributed by atoms with Gasteiger partial charge in [0.15, 0.2) is 0 Å². The number of hydrogen-bond donors (Lipinski definition) is 2. The molecule has 0 aliphatic rings. The lowest BCUT2D eigenvalue weighted by Crippen LogP contribution is -2.39. The molecule has 0 bridgehead atoms. The summed E-state index contributed by atoms with van der Waals surface area (Å²) in [5, 5.41) is 16.2. The van der Waals surface area contributed by atoms with Crippen LogP contribution in [-0.2, 0) is 11.3 Å². The SMILES string of the molecule is CNC(C)CNC(=O)Cn1cc([N+](=O)[O-])ccc1=O. The van der Waals surface area contributed by atoms with Crippen LogP contribution >= 0.6 is 0 Å². The van der Waals surface area contributed by atoms with E-state index in [0.29, 0.717) is 6.54 Å². The van der Waals surface area contributed by atoms with E-state index in [1.54, 1.807) is 7.05 Å². The van der Waals surface area contributed by atoms with Crippen molar-refractivity contribution in [2.24, 2.45) is 0 Å². The Bertz CT molecular complexity index is 526. The maximum atomic E-state index is 11.6. The smallest absolute Gasteiger partial charge is 0.285 e. The van der Waals surface area contributed by atoms with Crippen molar-refractivity contribution >= 4 is 11.6 Å². The molecule has 1 aromatic rings. The zero-order chi connectivity index (χ0) is 14.4. The van der Waals surface area contributed by atoms with E-state index < -0.39 is 10.5 Å². The van der Waals surface area contributed by atoms with E-state index in [-0.39, 0.29) is 24.2 Å². The Hall–Kier alpha value is -2.22. The quantitative estimate of drug-likeness (QED) is 0.533. The lowest BCUT2D eigenvalue weighted by atomic mass is 10.3. The van der Waals surface area contributed by atoms with Crippen molar-refractivity contribution in [2.45, 2.75) is 19.5 Å². The number of nitrogens with zero attached hydrogens (tertiary/aromatic N) is 2. The third kappa shape index (κ3) is 4.51. The van der Waals surface area contributed by atoms with Crippen molar-refractivity contribution < 1.29 is 9.72 Å². The summed E-state index contributed by atoms with van der Waals surface area (Å²) in [7, 11) is 1.77. The number of hydrogen-bond acceptors (Lipinski definition) is 5. The zero-order valence-corrected chi connectivity index (χ0v) is 10.8. The van der Waals surface area contributed by atoms with Crippen molar-refractivity contribution in [1.29, 1.82) is 0 Å². The molecule has 104 valence electrons. The van der Waals surface area contributed by atoms with Crippen molar-refractivity contribution in [2.75, 3.05) is 13.6 Å². The number of nitro groups is 1. The van der Waals surface area contributed by atoms with E-state index in [2.05, 4.69) is 10.6 Å². The van der Waals surface area contributed by atoms with Crippen molar-refractivity contribution in [3.05, 3.63) is 38.8 Å². The summed E-state index contributed by atoms with van der Waals surface area (Å²) in [6.45, 7) is 2.07. The molecule has 1 unspecified atom stereocenters. The van der Waals surface area contributed by atoms with E-state index >= 15 is 0 Å². The fraction of sp³-hybridized carbons (Fsp3) is 0.455. The summed E-state index contributed by atoms with van der Waals surface area (Å²) in [5.41, 5.74) is -0.682. The van der Waals surface area contributed by atoms with Crippen LogP contribution in [0.25, 0.3) is 0 Å². The molecule has 1 rings (SSSR count). The van der Waals surface area contributed by atoms with Gasteiger partial charge in [-0.3, -0.25) is 24.3 Å². The topological polar surface area (TPSA) is 106 Å². The van der Waals surface area contributed by atoms with Crippen molar-refractivity contribution in [3.63, 3.8) is 0 Å². The Morgan fingerprint density at radius 1 is 1.53 bits per heavy atom. The monoisotopic (exact) mass is 268 g/mol. The molecule has 0 aromatic carbocycles. The van der Waals surface area contributed by atoms with Gasteiger partial charge >= 0.3 is 0 Å². The average Bonchev–Trinajstić information content (AvgIpc) is 2.38. The summed E-state index contributed by atoms with van der Waals surface area (Å²) in [5.74, 6) is -0.371. The molecule has 1 amide bonds. The van der Waals surface area contributed by atoms with E-state index in [4.69, 9.17) is 0 Å². The molecule has 0 radical (unpaired) electrons. The van der Waals surface area contributed by atoms with Gasteiger partial charge < -0.3 is 10.6 Å². The fourth-order valence-corrected chi connectivity index (χ4v) is 1.33. The first kappa shape index (κ1) is 14.8. The van der Waals surface area contributed by atoms with Crippen LogP contribution in [0.5, 0.6) is 0 Å². The van der Waals surface area contributed by atoms with Crippen molar-refractivity contribution in [3.8, 4) is 0 Å². The molecule has 2 N–H and O–H groups in total. The van der Waals surface area contributed by atoms with Gasteiger partial charge in [0.05, 0.1) is 11.1 Å². The van der Waals surface area contributed by atoms with Crippen LogP contribution < -0.4 is 16.2 Å². The zero-order valence-electron chi connectivity index (χ0n) is 10.8. The summed E-state index contributed by atoms with van der Waals surface area (Å²) in [4.78, 5) is 33.0. The third-order valence-electron chi connectivity index (χ3n) is 2.59. The Kier molecular flexibility index (Phi) is 5.19. The van der Waals surface area contributed by atoms with Crippen LogP contribution in [0.3, 0.4) is 0 Å². The van der Waals surface area contributed by atoms with Gasteiger partial charge in [-0.05, 0) is 14.0 Å². The van der Waals surface area contributed by atoms with Crippen LogP contribution in [0.4, 0.5) is 5.69 Å². The average molecular weight is 268 g/mol. The second-order valence-electron chi connectivity index (χ2n) is 4.10. The summed E-state index contributed by atoms with van der Waals surface area (Å²) in [6.07, 6.45) is 1.06. The summed E-state index contributed by atoms with van der Waals surface area (Å²) >= 11 is 0. The predicted molar refractivity (Wildman–Crippen MR) is 68.9 cm³/mol. The normalized spacial score (nSPS) is 11.9. The van der Waals surface area contributed by atoms with Gasteiger partial charge in [0.25, 0.3) is 11.2 Å². The minimum atomic E-state index is -0.614. The second kappa shape index (κ2) is 6.64. The van der Waals surface area contributed by atoms with Gasteiger partial charge in [-0.15, -0.1) is 0 Å². The molecular formula is C11H16N4O4. The number of amides is 1. The minimum absolute atomic E-state index is 0.103. The molecular weight excluding hydrogens is 252 g/mol. The Balaban J connectivity index is 2.71. The molecule has 1 heterocycles. The molecule has 1 atom stereocenters. The molecule has 8 nitrogen and oxygen atoms in total. The van der Waals surface area contributed by atoms with E-state index in [0.717, 1.165) is 22.9 Å². The van der Waals surface area contributed by atoms with Gasteiger partial charge in [-0.2, -0.15) is 0 Å². The number of rotatable bonds is 6. The summed E-state index contributed by atoms with van der Waals surface area (Å²) in [6, 6.07) is 2.28. The number of carbonyl (C=O) groups excluding carboxylic acids is 1. The molecule has 0 saturated carbocycles. The van der Waals surface area contributed by atoms with E-state index in [1.807, 2.05) is 6.92 Å². The first-order valence-electron chi connectivity index (χ1n) is 5.73. The molecule has 8 heteroatoms. The Labute approximate surface area is 109 Å². The van der Waals surface area contributed by atoms with Crippen LogP contribution in [-0.4, -0.2) is 35.0 Å². The van der Waals surface area contributed by atoms with Gasteiger partial charge in [0.2, 0.25) is 5.91 Å². The first-order chi connectivity index (χ1) is 8.93. The standard InChI is InChI=1S/C11H16N4O4/c1-8(12-2)5-13-10(16)7-14-6-9(15(18)19)3-4-11(14)17/h3-4,6,8,12H,5,7H2,1-2H3,(H,13,16). The highest BCUT2D eigenvalue weighted by Crippen LogP contribution is 2.05.